The number of aryl methyl sites for hydroxylation is 1. The maximum absolute atomic E-state index is 12.4. The minimum atomic E-state index is -3.48. The van der Waals surface area contributed by atoms with Crippen LogP contribution in [0.5, 0.6) is 0 Å². The van der Waals surface area contributed by atoms with Crippen LogP contribution in [0.3, 0.4) is 0 Å². The Labute approximate surface area is 123 Å². The average Bonchev–Trinajstić information content (AvgIpc) is 2.30. The molecule has 0 bridgehead atoms. The van der Waals surface area contributed by atoms with E-state index in [1.54, 1.807) is 33.0 Å². The smallest absolute Gasteiger partial charge is 0.243 e. The van der Waals surface area contributed by atoms with Gasteiger partial charge in [0.1, 0.15) is 0 Å². The van der Waals surface area contributed by atoms with Crippen LogP contribution in [0.1, 0.15) is 12.5 Å². The van der Waals surface area contributed by atoms with E-state index in [0.29, 0.717) is 11.4 Å². The van der Waals surface area contributed by atoms with E-state index in [0.717, 1.165) is 10.0 Å². The summed E-state index contributed by atoms with van der Waals surface area (Å²) in [5.41, 5.74) is 6.23. The summed E-state index contributed by atoms with van der Waals surface area (Å²) in [5, 5.41) is 0. The van der Waals surface area contributed by atoms with E-state index in [4.69, 9.17) is 5.73 Å². The van der Waals surface area contributed by atoms with Crippen molar-refractivity contribution in [1.29, 1.82) is 0 Å². The van der Waals surface area contributed by atoms with Crippen molar-refractivity contribution >= 4 is 38.4 Å². The minimum absolute atomic E-state index is 0. The lowest BCUT2D eigenvalue weighted by Gasteiger charge is -2.23. The van der Waals surface area contributed by atoms with E-state index < -0.39 is 10.0 Å². The number of nitrogens with two attached hydrogens (primary N) is 1. The fourth-order valence-corrected chi connectivity index (χ4v) is 3.53. The van der Waals surface area contributed by atoms with Gasteiger partial charge < -0.3 is 5.73 Å². The average molecular weight is 358 g/mol. The predicted molar refractivity (Wildman–Crippen MR) is 79.6 cm³/mol. The first-order valence-corrected chi connectivity index (χ1v) is 7.48. The van der Waals surface area contributed by atoms with Crippen molar-refractivity contribution in [2.24, 2.45) is 5.73 Å². The summed E-state index contributed by atoms with van der Waals surface area (Å²) in [4.78, 5) is 0.315. The van der Waals surface area contributed by atoms with Crippen molar-refractivity contribution in [3.05, 3.63) is 28.2 Å². The molecule has 0 saturated carbocycles. The molecule has 0 fully saturated rings. The van der Waals surface area contributed by atoms with E-state index in [1.807, 2.05) is 6.07 Å². The van der Waals surface area contributed by atoms with E-state index in [9.17, 15) is 8.42 Å². The van der Waals surface area contributed by atoms with Crippen LogP contribution in [-0.2, 0) is 10.0 Å². The van der Waals surface area contributed by atoms with E-state index >= 15 is 0 Å². The van der Waals surface area contributed by atoms with Gasteiger partial charge in [0.25, 0.3) is 0 Å². The van der Waals surface area contributed by atoms with Crippen molar-refractivity contribution in [3.63, 3.8) is 0 Å². The van der Waals surface area contributed by atoms with Gasteiger partial charge >= 0.3 is 0 Å². The molecular weight excluding hydrogens is 340 g/mol. The van der Waals surface area contributed by atoms with E-state index in [-0.39, 0.29) is 18.4 Å². The number of halogens is 2. The molecule has 1 atom stereocenters. The second kappa shape index (κ2) is 6.86. The highest BCUT2D eigenvalue weighted by molar-refractivity contribution is 9.10. The number of nitrogens with zero attached hydrogens (tertiary/aromatic N) is 1. The van der Waals surface area contributed by atoms with Crippen molar-refractivity contribution in [3.8, 4) is 0 Å². The Morgan fingerprint density at radius 1 is 1.44 bits per heavy atom. The molecule has 1 rings (SSSR count). The quantitative estimate of drug-likeness (QED) is 0.898. The van der Waals surface area contributed by atoms with Crippen LogP contribution in [0.25, 0.3) is 0 Å². The van der Waals surface area contributed by atoms with Crippen molar-refractivity contribution in [2.75, 3.05) is 13.6 Å². The highest BCUT2D eigenvalue weighted by Gasteiger charge is 2.26. The third kappa shape index (κ3) is 3.68. The summed E-state index contributed by atoms with van der Waals surface area (Å²) < 4.78 is 26.8. The SMILES string of the molecule is Cc1ccc(Br)cc1S(=O)(=O)N(C)C(C)CN.Cl. The summed E-state index contributed by atoms with van der Waals surface area (Å²) in [6, 6.07) is 4.99. The third-order valence-electron chi connectivity index (χ3n) is 2.77. The first-order valence-electron chi connectivity index (χ1n) is 5.25. The van der Waals surface area contributed by atoms with Crippen LogP contribution in [0, 0.1) is 6.92 Å². The summed E-state index contributed by atoms with van der Waals surface area (Å²) >= 11 is 3.28. The maximum Gasteiger partial charge on any atom is 0.243 e. The molecular formula is C11H18BrClN2O2S. The molecule has 0 saturated heterocycles. The van der Waals surface area contributed by atoms with Gasteiger partial charge in [0, 0.05) is 24.1 Å². The zero-order valence-electron chi connectivity index (χ0n) is 10.6. The van der Waals surface area contributed by atoms with Crippen LogP contribution in [0.2, 0.25) is 0 Å². The van der Waals surface area contributed by atoms with Gasteiger partial charge in [-0.2, -0.15) is 4.31 Å². The molecule has 0 aliphatic heterocycles. The molecule has 18 heavy (non-hydrogen) atoms. The molecule has 7 heteroatoms. The van der Waals surface area contributed by atoms with Gasteiger partial charge in [-0.1, -0.05) is 22.0 Å². The van der Waals surface area contributed by atoms with Gasteiger partial charge in [-0.05, 0) is 31.5 Å². The maximum atomic E-state index is 12.4. The molecule has 0 radical (unpaired) electrons. The lowest BCUT2D eigenvalue weighted by molar-refractivity contribution is 0.394. The predicted octanol–water partition coefficient (Wildman–Crippen LogP) is 2.15. The molecule has 1 unspecified atom stereocenters. The highest BCUT2D eigenvalue weighted by atomic mass is 79.9. The Morgan fingerprint density at radius 2 is 2.00 bits per heavy atom. The Bertz CT molecular complexity index is 508. The number of hydrogen-bond donors (Lipinski definition) is 1. The van der Waals surface area contributed by atoms with Gasteiger partial charge in [-0.25, -0.2) is 8.42 Å². The number of sulfonamides is 1. The Kier molecular flexibility index (Phi) is 6.81. The molecule has 0 aromatic heterocycles. The van der Waals surface area contributed by atoms with E-state index in [2.05, 4.69) is 15.9 Å². The fraction of sp³-hybridized carbons (Fsp3) is 0.455. The molecule has 0 spiro atoms. The van der Waals surface area contributed by atoms with Crippen LogP contribution in [-0.4, -0.2) is 32.4 Å². The molecule has 4 nitrogen and oxygen atoms in total. The molecule has 0 heterocycles. The second-order valence-corrected chi connectivity index (χ2v) is 6.90. The van der Waals surface area contributed by atoms with Crippen LogP contribution in [0.4, 0.5) is 0 Å². The van der Waals surface area contributed by atoms with Gasteiger partial charge in [-0.3, -0.25) is 0 Å². The molecule has 104 valence electrons. The lowest BCUT2D eigenvalue weighted by atomic mass is 10.2. The van der Waals surface area contributed by atoms with E-state index in [1.165, 1.54) is 4.31 Å². The summed E-state index contributed by atoms with van der Waals surface area (Å²) in [7, 11) is -1.93. The highest BCUT2D eigenvalue weighted by Crippen LogP contribution is 2.24. The van der Waals surface area contributed by atoms with Crippen LogP contribution in [0.15, 0.2) is 27.6 Å². The zero-order valence-corrected chi connectivity index (χ0v) is 13.8. The first-order chi connectivity index (χ1) is 7.80. The topological polar surface area (TPSA) is 63.4 Å². The number of benzene rings is 1. The van der Waals surface area contributed by atoms with Gasteiger partial charge in [-0.15, -0.1) is 12.4 Å². The number of likely N-dealkylation sites (N-methyl/N-ethyl adjacent to an activating group) is 1. The molecule has 0 aliphatic carbocycles. The standard InChI is InChI=1S/C11H17BrN2O2S.ClH/c1-8-4-5-10(12)6-11(8)17(15,16)14(3)9(2)7-13;/h4-6,9H,7,13H2,1-3H3;1H. The third-order valence-corrected chi connectivity index (χ3v) is 5.38. The largest absolute Gasteiger partial charge is 0.329 e. The van der Waals surface area contributed by atoms with Crippen LogP contribution >= 0.6 is 28.3 Å². The number of rotatable bonds is 4. The first kappa shape index (κ1) is 17.9. The fourth-order valence-electron chi connectivity index (χ4n) is 1.39. The second-order valence-electron chi connectivity index (χ2n) is 4.02. The Morgan fingerprint density at radius 3 is 2.50 bits per heavy atom. The molecule has 2 N–H and O–H groups in total. The van der Waals surface area contributed by atoms with Crippen molar-refractivity contribution in [1.82, 2.24) is 4.31 Å². The molecule has 0 amide bonds. The molecule has 1 aromatic rings. The summed E-state index contributed by atoms with van der Waals surface area (Å²) in [6.07, 6.45) is 0. The monoisotopic (exact) mass is 356 g/mol. The summed E-state index contributed by atoms with van der Waals surface area (Å²) in [6.45, 7) is 3.86. The Hall–Kier alpha value is -0.140. The van der Waals surface area contributed by atoms with Gasteiger partial charge in [0.2, 0.25) is 10.0 Å². The van der Waals surface area contributed by atoms with Crippen molar-refractivity contribution < 1.29 is 8.42 Å². The number of hydrogen-bond acceptors (Lipinski definition) is 3. The zero-order chi connectivity index (χ0) is 13.2. The normalized spacial score (nSPS) is 13.2. The van der Waals surface area contributed by atoms with Gasteiger partial charge in [0.15, 0.2) is 0 Å². The van der Waals surface area contributed by atoms with Crippen LogP contribution < -0.4 is 5.73 Å². The molecule has 1 aromatic carbocycles. The Balaban J connectivity index is 0.00000289. The summed E-state index contributed by atoms with van der Waals surface area (Å²) in [5.74, 6) is 0. The van der Waals surface area contributed by atoms with Gasteiger partial charge in [0.05, 0.1) is 4.90 Å². The minimum Gasteiger partial charge on any atom is -0.329 e. The molecule has 0 aliphatic rings. The lowest BCUT2D eigenvalue weighted by Crippen LogP contribution is -2.39. The van der Waals surface area contributed by atoms with Crippen molar-refractivity contribution in [2.45, 2.75) is 24.8 Å².